The predicted molar refractivity (Wildman–Crippen MR) is 186 cm³/mol. The highest BCUT2D eigenvalue weighted by Gasteiger charge is 2.17. The van der Waals surface area contributed by atoms with Crippen LogP contribution in [0.5, 0.6) is 0 Å². The smallest absolute Gasteiger partial charge is 0.135 e. The highest BCUT2D eigenvalue weighted by molar-refractivity contribution is 6.13. The van der Waals surface area contributed by atoms with Crippen LogP contribution in [-0.2, 0) is 0 Å². The summed E-state index contributed by atoms with van der Waals surface area (Å²) in [6.45, 7) is 0. The molecule has 0 radical (unpaired) electrons. The molecule has 0 aliphatic rings. The van der Waals surface area contributed by atoms with Crippen molar-refractivity contribution in [3.63, 3.8) is 0 Å². The van der Waals surface area contributed by atoms with Crippen LogP contribution >= 0.6 is 0 Å². The first kappa shape index (κ1) is 24.3. The summed E-state index contributed by atoms with van der Waals surface area (Å²) in [7, 11) is 0. The molecule has 0 unspecified atom stereocenters. The lowest BCUT2D eigenvalue weighted by molar-refractivity contribution is 0.669. The number of hydrogen-bond acceptors (Lipinski definition) is 2. The van der Waals surface area contributed by atoms with Crippen molar-refractivity contribution >= 4 is 65.6 Å². The number of nitrogens with zero attached hydrogens (tertiary/aromatic N) is 3. The Morgan fingerprint density at radius 3 is 1.82 bits per heavy atom. The summed E-state index contributed by atoms with van der Waals surface area (Å²) in [5.74, 6) is 0. The molecule has 6 aromatic carbocycles. The quantitative estimate of drug-likeness (QED) is 0.210. The van der Waals surface area contributed by atoms with Crippen molar-refractivity contribution in [1.82, 2.24) is 14.1 Å². The summed E-state index contributed by atoms with van der Waals surface area (Å²) in [4.78, 5) is 4.53. The van der Waals surface area contributed by atoms with Gasteiger partial charge in [0.2, 0.25) is 0 Å². The van der Waals surface area contributed by atoms with Crippen LogP contribution in [0.1, 0.15) is 0 Å². The van der Waals surface area contributed by atoms with Gasteiger partial charge in [-0.3, -0.25) is 4.98 Å². The zero-order valence-electron chi connectivity index (χ0n) is 24.2. The Labute approximate surface area is 258 Å². The van der Waals surface area contributed by atoms with Crippen molar-refractivity contribution in [2.75, 3.05) is 0 Å². The molecule has 45 heavy (non-hydrogen) atoms. The number of fused-ring (bicyclic) bond motifs is 9. The maximum atomic E-state index is 6.13. The average Bonchev–Trinajstić information content (AvgIpc) is 3.75. The lowest BCUT2D eigenvalue weighted by Gasteiger charge is -2.09. The van der Waals surface area contributed by atoms with Crippen LogP contribution in [0, 0.1) is 0 Å². The second-order valence-electron chi connectivity index (χ2n) is 11.7. The minimum Gasteiger partial charge on any atom is -0.456 e. The van der Waals surface area contributed by atoms with Crippen LogP contribution in [0.3, 0.4) is 0 Å². The van der Waals surface area contributed by atoms with Gasteiger partial charge in [0.25, 0.3) is 0 Å². The van der Waals surface area contributed by atoms with Gasteiger partial charge in [0, 0.05) is 49.9 Å². The molecular weight excluding hydrogens is 550 g/mol. The van der Waals surface area contributed by atoms with Crippen molar-refractivity contribution in [1.29, 1.82) is 0 Å². The van der Waals surface area contributed by atoms with E-state index in [1.165, 1.54) is 49.4 Å². The number of aromatic nitrogens is 3. The molecule has 0 spiro atoms. The van der Waals surface area contributed by atoms with Crippen molar-refractivity contribution in [2.45, 2.75) is 0 Å². The Morgan fingerprint density at radius 2 is 1.02 bits per heavy atom. The number of furan rings is 1. The Balaban J connectivity index is 1.18. The van der Waals surface area contributed by atoms with Gasteiger partial charge in [-0.05, 0) is 83.9 Å². The molecule has 0 saturated carbocycles. The van der Waals surface area contributed by atoms with Gasteiger partial charge in [-0.2, -0.15) is 0 Å². The van der Waals surface area contributed by atoms with E-state index in [1.54, 1.807) is 0 Å². The lowest BCUT2D eigenvalue weighted by atomic mass is 10.0. The molecule has 4 heterocycles. The van der Waals surface area contributed by atoms with Crippen LogP contribution in [0.15, 0.2) is 156 Å². The van der Waals surface area contributed by atoms with E-state index in [-0.39, 0.29) is 0 Å². The van der Waals surface area contributed by atoms with Gasteiger partial charge in [-0.15, -0.1) is 0 Å². The Bertz CT molecular complexity index is 2760. The zero-order chi connectivity index (χ0) is 29.5. The summed E-state index contributed by atoms with van der Waals surface area (Å²) < 4.78 is 10.8. The third-order valence-corrected chi connectivity index (χ3v) is 9.21. The fraction of sp³-hybridized carbons (Fsp3) is 0. The van der Waals surface area contributed by atoms with Gasteiger partial charge >= 0.3 is 0 Å². The minimum absolute atomic E-state index is 0.894. The molecule has 210 valence electrons. The molecule has 4 heteroatoms. The number of para-hydroxylation sites is 3. The summed E-state index contributed by atoms with van der Waals surface area (Å²) in [6, 6.07) is 49.8. The Kier molecular flexibility index (Phi) is 4.96. The zero-order valence-corrected chi connectivity index (χ0v) is 24.2. The Morgan fingerprint density at radius 1 is 0.400 bits per heavy atom. The van der Waals surface area contributed by atoms with Crippen molar-refractivity contribution in [3.05, 3.63) is 152 Å². The largest absolute Gasteiger partial charge is 0.456 e. The molecule has 10 aromatic rings. The van der Waals surface area contributed by atoms with Crippen LogP contribution in [0.2, 0.25) is 0 Å². The van der Waals surface area contributed by atoms with E-state index in [1.807, 2.05) is 24.5 Å². The van der Waals surface area contributed by atoms with Crippen molar-refractivity contribution in [2.24, 2.45) is 0 Å². The molecule has 4 aromatic heterocycles. The van der Waals surface area contributed by atoms with E-state index < -0.39 is 0 Å². The third-order valence-electron chi connectivity index (χ3n) is 9.21. The van der Waals surface area contributed by atoms with E-state index in [9.17, 15) is 0 Å². The van der Waals surface area contributed by atoms with Gasteiger partial charge in [-0.25, -0.2) is 0 Å². The summed E-state index contributed by atoms with van der Waals surface area (Å²) in [5, 5.41) is 7.12. The van der Waals surface area contributed by atoms with Gasteiger partial charge < -0.3 is 13.6 Å². The summed E-state index contributed by atoms with van der Waals surface area (Å²) in [6.07, 6.45) is 3.85. The molecule has 4 nitrogen and oxygen atoms in total. The second-order valence-corrected chi connectivity index (χ2v) is 11.7. The molecule has 0 saturated heterocycles. The molecule has 0 aliphatic heterocycles. The van der Waals surface area contributed by atoms with E-state index in [0.717, 1.165) is 38.7 Å². The first-order valence-corrected chi connectivity index (χ1v) is 15.2. The second kappa shape index (κ2) is 9.18. The number of rotatable bonds is 3. The molecular formula is C41H25N3O. The van der Waals surface area contributed by atoms with E-state index in [0.29, 0.717) is 0 Å². The topological polar surface area (TPSA) is 35.9 Å². The third kappa shape index (κ3) is 3.51. The first-order chi connectivity index (χ1) is 22.3. The monoisotopic (exact) mass is 575 g/mol. The molecule has 0 N–H and O–H groups in total. The van der Waals surface area contributed by atoms with Gasteiger partial charge in [0.05, 0.1) is 28.3 Å². The number of hydrogen-bond donors (Lipinski definition) is 0. The van der Waals surface area contributed by atoms with Crippen LogP contribution in [0.25, 0.3) is 88.1 Å². The van der Waals surface area contributed by atoms with Crippen LogP contribution < -0.4 is 0 Å². The van der Waals surface area contributed by atoms with Crippen molar-refractivity contribution < 1.29 is 4.42 Å². The van der Waals surface area contributed by atoms with E-state index >= 15 is 0 Å². The Hall–Kier alpha value is -6.13. The lowest BCUT2D eigenvalue weighted by Crippen LogP contribution is -1.94. The molecule has 0 bridgehead atoms. The summed E-state index contributed by atoms with van der Waals surface area (Å²) >= 11 is 0. The average molecular weight is 576 g/mol. The van der Waals surface area contributed by atoms with Crippen LogP contribution in [-0.4, -0.2) is 14.1 Å². The summed E-state index contributed by atoms with van der Waals surface area (Å²) in [5.41, 5.74) is 11.1. The van der Waals surface area contributed by atoms with Crippen LogP contribution in [0.4, 0.5) is 0 Å². The minimum atomic E-state index is 0.894. The van der Waals surface area contributed by atoms with Gasteiger partial charge in [-0.1, -0.05) is 66.7 Å². The highest BCUT2D eigenvalue weighted by atomic mass is 16.3. The van der Waals surface area contributed by atoms with Gasteiger partial charge in [0.1, 0.15) is 11.2 Å². The maximum Gasteiger partial charge on any atom is 0.135 e. The van der Waals surface area contributed by atoms with Gasteiger partial charge in [0.15, 0.2) is 0 Å². The standard InChI is InChI=1S/C41H25N3O/c1-2-8-28(9-3-1)43-36-12-6-4-10-30(36)33-22-26(14-17-37(33)43)27-15-18-38-34(23-27)31-20-21-42-25-39(31)44(38)29-16-19-41-35(24-29)32-11-5-7-13-40(32)45-41/h1-25H. The molecule has 0 fully saturated rings. The SMILES string of the molecule is c1ccc(-n2c3ccccc3c3cc(-c4ccc5c(c4)c4ccncc4n5-c4ccc5oc6ccccc6c5c4)ccc32)cc1. The molecule has 10 rings (SSSR count). The molecule has 0 aliphatic carbocycles. The fourth-order valence-electron chi connectivity index (χ4n) is 7.19. The highest BCUT2D eigenvalue weighted by Crippen LogP contribution is 2.39. The fourth-order valence-corrected chi connectivity index (χ4v) is 7.19. The maximum absolute atomic E-state index is 6.13. The van der Waals surface area contributed by atoms with E-state index in [2.05, 4.69) is 142 Å². The molecule has 0 atom stereocenters. The normalized spacial score (nSPS) is 12.0. The number of pyridine rings is 1. The predicted octanol–water partition coefficient (Wildman–Crippen LogP) is 10.8. The van der Waals surface area contributed by atoms with E-state index in [4.69, 9.17) is 4.42 Å². The first-order valence-electron chi connectivity index (χ1n) is 15.2. The molecule has 0 amide bonds. The van der Waals surface area contributed by atoms with Crippen molar-refractivity contribution in [3.8, 4) is 22.5 Å². The number of benzene rings is 6.